The van der Waals surface area contributed by atoms with Gasteiger partial charge < -0.3 is 19.7 Å². The predicted molar refractivity (Wildman–Crippen MR) is 113 cm³/mol. The Morgan fingerprint density at radius 1 is 1.13 bits per heavy atom. The van der Waals surface area contributed by atoms with Crippen LogP contribution in [-0.2, 0) is 11.2 Å². The minimum atomic E-state index is -0.449. The van der Waals surface area contributed by atoms with E-state index in [0.717, 1.165) is 11.1 Å². The number of H-pyrrole nitrogens is 1. The smallest absolute Gasteiger partial charge is 0.409 e. The minimum absolute atomic E-state index is 0.00168. The van der Waals surface area contributed by atoms with Crippen molar-refractivity contribution in [3.05, 3.63) is 81.4 Å². The molecular formula is C23H23N3O4. The summed E-state index contributed by atoms with van der Waals surface area (Å²) in [4.78, 5) is 32.2. The molecule has 0 fully saturated rings. The molecule has 0 radical (unpaired) electrons. The van der Waals surface area contributed by atoms with E-state index in [4.69, 9.17) is 4.74 Å². The van der Waals surface area contributed by atoms with Gasteiger partial charge in [-0.25, -0.2) is 9.78 Å². The molecule has 4 rings (SSSR count). The lowest BCUT2D eigenvalue weighted by Gasteiger charge is -2.19. The van der Waals surface area contributed by atoms with Crippen LogP contribution in [0.1, 0.15) is 28.4 Å². The molecule has 7 heteroatoms. The first-order valence-corrected chi connectivity index (χ1v) is 9.80. The number of benzene rings is 2. The Bertz CT molecular complexity index is 1110. The number of hydrogen-bond acceptors (Lipinski definition) is 5. The number of nitrogens with one attached hydrogen (secondary N) is 1. The third kappa shape index (κ3) is 3.66. The number of ether oxygens (including phenoxy) is 1. The van der Waals surface area contributed by atoms with E-state index < -0.39 is 6.09 Å². The van der Waals surface area contributed by atoms with Crippen LogP contribution >= 0.6 is 0 Å². The first-order valence-electron chi connectivity index (χ1n) is 9.80. The van der Waals surface area contributed by atoms with Gasteiger partial charge >= 0.3 is 6.09 Å². The summed E-state index contributed by atoms with van der Waals surface area (Å²) in [6.45, 7) is 2.04. The maximum atomic E-state index is 12.5. The molecule has 0 saturated carbocycles. The molecule has 1 aliphatic rings. The van der Waals surface area contributed by atoms with E-state index in [9.17, 15) is 14.7 Å². The molecule has 30 heavy (non-hydrogen) atoms. The van der Waals surface area contributed by atoms with Gasteiger partial charge in [-0.3, -0.25) is 4.79 Å². The van der Waals surface area contributed by atoms with Crippen molar-refractivity contribution >= 4 is 6.09 Å². The van der Waals surface area contributed by atoms with Crippen molar-refractivity contribution in [2.24, 2.45) is 0 Å². The molecular weight excluding hydrogens is 382 g/mol. The Labute approximate surface area is 174 Å². The SMILES string of the molecule is Cc1c(O)nc(CCN(C)C(=O)OCC2c3ccccc3-c3ccccc32)[nH]c1=O. The van der Waals surface area contributed by atoms with Crippen molar-refractivity contribution in [1.29, 1.82) is 0 Å². The van der Waals surface area contributed by atoms with Crippen LogP contribution in [0, 0.1) is 6.92 Å². The van der Waals surface area contributed by atoms with Crippen molar-refractivity contribution in [2.45, 2.75) is 19.3 Å². The number of aromatic amines is 1. The third-order valence-electron chi connectivity index (χ3n) is 5.51. The normalized spacial score (nSPS) is 12.3. The van der Waals surface area contributed by atoms with Gasteiger partial charge in [-0.2, -0.15) is 0 Å². The highest BCUT2D eigenvalue weighted by Gasteiger charge is 2.29. The van der Waals surface area contributed by atoms with Gasteiger partial charge in [-0.1, -0.05) is 48.5 Å². The highest BCUT2D eigenvalue weighted by molar-refractivity contribution is 5.79. The van der Waals surface area contributed by atoms with Crippen LogP contribution in [0.5, 0.6) is 5.88 Å². The van der Waals surface area contributed by atoms with E-state index in [1.165, 1.54) is 23.0 Å². The van der Waals surface area contributed by atoms with Gasteiger partial charge in [0.2, 0.25) is 5.88 Å². The second kappa shape index (κ2) is 8.02. The molecule has 1 amide bonds. The lowest BCUT2D eigenvalue weighted by molar-refractivity contribution is 0.108. The summed E-state index contributed by atoms with van der Waals surface area (Å²) in [6.07, 6.45) is -0.153. The van der Waals surface area contributed by atoms with Crippen LogP contribution in [0.3, 0.4) is 0 Å². The number of aromatic nitrogens is 2. The summed E-state index contributed by atoms with van der Waals surface area (Å²) in [5, 5.41) is 9.68. The van der Waals surface area contributed by atoms with Crippen LogP contribution in [0.2, 0.25) is 0 Å². The first kappa shape index (κ1) is 19.7. The molecule has 7 nitrogen and oxygen atoms in total. The summed E-state index contributed by atoms with van der Waals surface area (Å²) in [5.74, 6) is 0.0285. The molecule has 0 saturated heterocycles. The maximum Gasteiger partial charge on any atom is 0.409 e. The van der Waals surface area contributed by atoms with E-state index in [-0.39, 0.29) is 29.5 Å². The Balaban J connectivity index is 1.39. The van der Waals surface area contributed by atoms with E-state index >= 15 is 0 Å². The first-order chi connectivity index (χ1) is 14.5. The Kier molecular flexibility index (Phi) is 5.27. The second-order valence-corrected chi connectivity index (χ2v) is 7.44. The van der Waals surface area contributed by atoms with Crippen molar-refractivity contribution in [1.82, 2.24) is 14.9 Å². The zero-order valence-corrected chi connectivity index (χ0v) is 16.9. The molecule has 2 aromatic carbocycles. The fraction of sp³-hybridized carbons (Fsp3) is 0.261. The lowest BCUT2D eigenvalue weighted by Crippen LogP contribution is -2.31. The van der Waals surface area contributed by atoms with Gasteiger partial charge in [-0.05, 0) is 29.2 Å². The molecule has 1 aromatic heterocycles. The van der Waals surface area contributed by atoms with E-state index in [2.05, 4.69) is 34.2 Å². The number of rotatable bonds is 5. The van der Waals surface area contributed by atoms with Gasteiger partial charge in [0.15, 0.2) is 0 Å². The number of amides is 1. The van der Waals surface area contributed by atoms with Crippen molar-refractivity contribution in [3.63, 3.8) is 0 Å². The average molecular weight is 405 g/mol. The number of fused-ring (bicyclic) bond motifs is 3. The molecule has 2 N–H and O–H groups in total. The summed E-state index contributed by atoms with van der Waals surface area (Å²) in [6, 6.07) is 16.3. The molecule has 1 heterocycles. The van der Waals surface area contributed by atoms with Crippen LogP contribution < -0.4 is 5.56 Å². The maximum absolute atomic E-state index is 12.5. The van der Waals surface area contributed by atoms with Crippen molar-refractivity contribution in [2.75, 3.05) is 20.2 Å². The van der Waals surface area contributed by atoms with Crippen molar-refractivity contribution in [3.8, 4) is 17.0 Å². The molecule has 0 atom stereocenters. The molecule has 1 aliphatic carbocycles. The number of aromatic hydroxyl groups is 1. The molecule has 0 aliphatic heterocycles. The van der Waals surface area contributed by atoms with Crippen LogP contribution in [0.4, 0.5) is 4.79 Å². The number of carbonyl (C=O) groups excluding carboxylic acids is 1. The zero-order chi connectivity index (χ0) is 21.3. The monoisotopic (exact) mass is 405 g/mol. The Morgan fingerprint density at radius 2 is 1.73 bits per heavy atom. The van der Waals surface area contributed by atoms with E-state index in [1.807, 2.05) is 24.3 Å². The minimum Gasteiger partial charge on any atom is -0.493 e. The van der Waals surface area contributed by atoms with Crippen molar-refractivity contribution < 1.29 is 14.6 Å². The average Bonchev–Trinajstić information content (AvgIpc) is 3.07. The highest BCUT2D eigenvalue weighted by Crippen LogP contribution is 2.44. The van der Waals surface area contributed by atoms with Gasteiger partial charge in [0.25, 0.3) is 5.56 Å². The largest absolute Gasteiger partial charge is 0.493 e. The fourth-order valence-corrected chi connectivity index (χ4v) is 3.75. The number of nitrogens with zero attached hydrogens (tertiary/aromatic N) is 2. The van der Waals surface area contributed by atoms with Crippen LogP contribution in [-0.4, -0.2) is 46.3 Å². The molecule has 0 spiro atoms. The van der Waals surface area contributed by atoms with Gasteiger partial charge in [0, 0.05) is 25.9 Å². The zero-order valence-electron chi connectivity index (χ0n) is 16.9. The summed E-state index contributed by atoms with van der Waals surface area (Å²) in [7, 11) is 1.63. The molecule has 0 unspecified atom stereocenters. The summed E-state index contributed by atoms with van der Waals surface area (Å²) >= 11 is 0. The molecule has 3 aromatic rings. The number of carbonyl (C=O) groups is 1. The van der Waals surface area contributed by atoms with Gasteiger partial charge in [0.05, 0.1) is 5.56 Å². The van der Waals surface area contributed by atoms with Gasteiger partial charge in [-0.15, -0.1) is 0 Å². The number of hydrogen-bond donors (Lipinski definition) is 2. The topological polar surface area (TPSA) is 95.5 Å². The second-order valence-electron chi connectivity index (χ2n) is 7.44. The third-order valence-corrected chi connectivity index (χ3v) is 5.51. The highest BCUT2D eigenvalue weighted by atomic mass is 16.6. The summed E-state index contributed by atoms with van der Waals surface area (Å²) in [5.41, 5.74) is 4.45. The Morgan fingerprint density at radius 3 is 2.33 bits per heavy atom. The van der Waals surface area contributed by atoms with Crippen LogP contribution in [0.15, 0.2) is 53.3 Å². The molecule has 0 bridgehead atoms. The van der Waals surface area contributed by atoms with E-state index in [1.54, 1.807) is 7.05 Å². The molecule has 154 valence electrons. The fourth-order valence-electron chi connectivity index (χ4n) is 3.75. The standard InChI is InChI=1S/C23H23N3O4/c1-14-21(27)24-20(25-22(14)28)11-12-26(2)23(29)30-13-19-17-9-5-3-7-15(17)16-8-4-6-10-18(16)19/h3-10,19H,11-13H2,1-2H3,(H2,24,25,27,28). The summed E-state index contributed by atoms with van der Waals surface area (Å²) < 4.78 is 5.60. The Hall–Kier alpha value is -3.61. The predicted octanol–water partition coefficient (Wildman–Crippen LogP) is 3.21. The van der Waals surface area contributed by atoms with Gasteiger partial charge in [0.1, 0.15) is 12.4 Å². The lowest BCUT2D eigenvalue weighted by atomic mass is 9.98. The van der Waals surface area contributed by atoms with Crippen LogP contribution in [0.25, 0.3) is 11.1 Å². The number of likely N-dealkylation sites (N-methyl/N-ethyl adjacent to an activating group) is 1. The quantitative estimate of drug-likeness (QED) is 0.680. The van der Waals surface area contributed by atoms with E-state index in [0.29, 0.717) is 18.8 Å².